The number of carbonyl (C=O) groups excluding carboxylic acids is 2. The predicted octanol–water partition coefficient (Wildman–Crippen LogP) is 2.52. The van der Waals surface area contributed by atoms with Crippen LogP contribution in [0, 0.1) is 0 Å². The van der Waals surface area contributed by atoms with Gasteiger partial charge in [-0.15, -0.1) is 0 Å². The van der Waals surface area contributed by atoms with E-state index in [1.807, 2.05) is 54.3 Å². The largest absolute Gasteiger partial charge is 0.467 e. The van der Waals surface area contributed by atoms with E-state index in [0.29, 0.717) is 37.8 Å². The van der Waals surface area contributed by atoms with Crippen LogP contribution in [0.15, 0.2) is 60.9 Å². The molecule has 1 N–H and O–H groups in total. The molecule has 2 aliphatic heterocycles. The molecule has 1 atom stereocenters. The highest BCUT2D eigenvalue weighted by molar-refractivity contribution is 5.98. The number of para-hydroxylation sites is 1. The van der Waals surface area contributed by atoms with Gasteiger partial charge in [0.05, 0.1) is 7.11 Å². The first-order valence-electron chi connectivity index (χ1n) is 11.7. The molecule has 9 heteroatoms. The molecular weight excluding hydrogens is 444 g/mol. The second kappa shape index (κ2) is 9.71. The summed E-state index contributed by atoms with van der Waals surface area (Å²) in [5.41, 5.74) is 7.78. The summed E-state index contributed by atoms with van der Waals surface area (Å²) < 4.78 is 5.07. The van der Waals surface area contributed by atoms with Crippen molar-refractivity contribution < 1.29 is 14.3 Å². The van der Waals surface area contributed by atoms with Gasteiger partial charge >= 0.3 is 6.01 Å². The Balaban J connectivity index is 1.24. The molecule has 1 saturated heterocycles. The summed E-state index contributed by atoms with van der Waals surface area (Å²) in [6, 6.07) is 15.9. The summed E-state index contributed by atoms with van der Waals surface area (Å²) in [7, 11) is 1.54. The molecule has 0 radical (unpaired) electrons. The van der Waals surface area contributed by atoms with Crippen molar-refractivity contribution >= 4 is 17.5 Å². The molecule has 0 bridgehead atoms. The fourth-order valence-electron chi connectivity index (χ4n) is 4.68. The lowest BCUT2D eigenvalue weighted by Crippen LogP contribution is -2.55. The second-order valence-electron chi connectivity index (χ2n) is 8.67. The molecule has 3 heterocycles. The van der Waals surface area contributed by atoms with Crippen LogP contribution >= 0.6 is 0 Å². The Bertz CT molecular complexity index is 1220. The summed E-state index contributed by atoms with van der Waals surface area (Å²) in [6.45, 7) is 4.56. The number of aromatic nitrogens is 2. The number of nitrogens with one attached hydrogen (secondary N) is 1. The van der Waals surface area contributed by atoms with Crippen LogP contribution in [0.25, 0.3) is 11.1 Å². The number of piperazine rings is 1. The van der Waals surface area contributed by atoms with Gasteiger partial charge in [0.2, 0.25) is 5.91 Å². The van der Waals surface area contributed by atoms with E-state index >= 15 is 0 Å². The topological polar surface area (TPSA) is 90.9 Å². The van der Waals surface area contributed by atoms with Gasteiger partial charge in [-0.2, -0.15) is 0 Å². The minimum atomic E-state index is -0.165. The number of benzene rings is 2. The number of anilines is 1. The van der Waals surface area contributed by atoms with E-state index < -0.39 is 0 Å². The van der Waals surface area contributed by atoms with Gasteiger partial charge in [-0.25, -0.2) is 15.4 Å². The molecule has 1 aromatic heterocycles. The van der Waals surface area contributed by atoms with Gasteiger partial charge < -0.3 is 14.5 Å². The first-order valence-corrected chi connectivity index (χ1v) is 11.7. The zero-order valence-corrected chi connectivity index (χ0v) is 19.8. The fourth-order valence-corrected chi connectivity index (χ4v) is 4.68. The normalized spacial score (nSPS) is 17.8. The molecule has 9 nitrogen and oxygen atoms in total. The predicted molar refractivity (Wildman–Crippen MR) is 132 cm³/mol. The molecule has 2 amide bonds. The van der Waals surface area contributed by atoms with Crippen LogP contribution < -0.4 is 15.1 Å². The van der Waals surface area contributed by atoms with Crippen LogP contribution in [0.3, 0.4) is 0 Å². The SMILES string of the molecule is COc1ncc(-c2ccccc2N2CCN(C(=O)CN3NC(C)c4ccccc4C3=O)CC2)cn1. The highest BCUT2D eigenvalue weighted by atomic mass is 16.5. The highest BCUT2D eigenvalue weighted by Gasteiger charge is 2.31. The minimum Gasteiger partial charge on any atom is -0.467 e. The van der Waals surface area contributed by atoms with E-state index in [9.17, 15) is 9.59 Å². The number of amides is 2. The van der Waals surface area contributed by atoms with E-state index in [0.717, 1.165) is 22.4 Å². The quantitative estimate of drug-likeness (QED) is 0.610. The number of rotatable bonds is 5. The second-order valence-corrected chi connectivity index (χ2v) is 8.67. The molecule has 0 saturated carbocycles. The van der Waals surface area contributed by atoms with Crippen LogP contribution in [0.1, 0.15) is 28.9 Å². The van der Waals surface area contributed by atoms with Crippen LogP contribution in [0.4, 0.5) is 5.69 Å². The van der Waals surface area contributed by atoms with Crippen LogP contribution in [-0.2, 0) is 4.79 Å². The van der Waals surface area contributed by atoms with Crippen LogP contribution in [-0.4, -0.2) is 71.5 Å². The number of hydrogen-bond acceptors (Lipinski definition) is 7. The lowest BCUT2D eigenvalue weighted by molar-refractivity contribution is -0.133. The average Bonchev–Trinajstić information content (AvgIpc) is 2.92. The van der Waals surface area contributed by atoms with Gasteiger partial charge in [0.1, 0.15) is 6.54 Å². The van der Waals surface area contributed by atoms with Crippen LogP contribution in [0.5, 0.6) is 6.01 Å². The van der Waals surface area contributed by atoms with Crippen LogP contribution in [0.2, 0.25) is 0 Å². The Morgan fingerprint density at radius 1 is 1.00 bits per heavy atom. The summed E-state index contributed by atoms with van der Waals surface area (Å²) in [6.07, 6.45) is 3.51. The maximum Gasteiger partial charge on any atom is 0.316 e. The van der Waals surface area contributed by atoms with Gasteiger partial charge in [-0.3, -0.25) is 14.6 Å². The van der Waals surface area contributed by atoms with Crippen molar-refractivity contribution in [3.63, 3.8) is 0 Å². The Hall–Kier alpha value is -3.98. The smallest absolute Gasteiger partial charge is 0.316 e. The van der Waals surface area contributed by atoms with Crippen molar-refractivity contribution in [2.75, 3.05) is 44.7 Å². The first-order chi connectivity index (χ1) is 17.0. The summed E-state index contributed by atoms with van der Waals surface area (Å²) in [5.74, 6) is -0.227. The van der Waals surface area contributed by atoms with Gasteiger partial charge in [-0.1, -0.05) is 36.4 Å². The summed E-state index contributed by atoms with van der Waals surface area (Å²) >= 11 is 0. The van der Waals surface area contributed by atoms with Crippen molar-refractivity contribution in [3.05, 3.63) is 72.1 Å². The Kier molecular flexibility index (Phi) is 6.33. The minimum absolute atomic E-state index is 0.0112. The van der Waals surface area contributed by atoms with Gasteiger partial charge in [0.15, 0.2) is 0 Å². The number of fused-ring (bicyclic) bond motifs is 1. The fraction of sp³-hybridized carbons (Fsp3) is 0.308. The molecule has 2 aromatic carbocycles. The molecule has 3 aromatic rings. The molecule has 35 heavy (non-hydrogen) atoms. The van der Waals surface area contributed by atoms with Crippen molar-refractivity contribution in [2.45, 2.75) is 13.0 Å². The van der Waals surface area contributed by atoms with Gasteiger partial charge in [-0.05, 0) is 24.6 Å². The summed E-state index contributed by atoms with van der Waals surface area (Å²) in [4.78, 5) is 38.5. The van der Waals surface area contributed by atoms with E-state index in [1.54, 1.807) is 19.5 Å². The number of carbonyl (C=O) groups is 2. The number of hydrogen-bond donors (Lipinski definition) is 1. The van der Waals surface area contributed by atoms with Crippen molar-refractivity contribution in [2.24, 2.45) is 0 Å². The van der Waals surface area contributed by atoms with Gasteiger partial charge in [0.25, 0.3) is 5.91 Å². The standard InChI is InChI=1S/C26H28N6O3/c1-18-20-7-3-4-9-22(20)25(34)32(29-18)17-24(33)31-13-11-30(12-14-31)23-10-6-5-8-21(23)19-15-27-26(35-2)28-16-19/h3-10,15-16,18,29H,11-14,17H2,1-2H3. The Morgan fingerprint density at radius 2 is 1.66 bits per heavy atom. The molecule has 2 aliphatic rings. The molecule has 0 spiro atoms. The maximum absolute atomic E-state index is 13.1. The third kappa shape index (κ3) is 4.54. The first kappa shape index (κ1) is 22.8. The van der Waals surface area contributed by atoms with Gasteiger partial charge in [0, 0.05) is 67.0 Å². The van der Waals surface area contributed by atoms with Crippen molar-refractivity contribution in [1.29, 1.82) is 0 Å². The Labute approximate surface area is 204 Å². The molecule has 1 unspecified atom stereocenters. The van der Waals surface area contributed by atoms with E-state index in [4.69, 9.17) is 4.74 Å². The molecular formula is C26H28N6O3. The third-order valence-electron chi connectivity index (χ3n) is 6.54. The maximum atomic E-state index is 13.1. The number of nitrogens with zero attached hydrogens (tertiary/aromatic N) is 5. The lowest BCUT2D eigenvalue weighted by Gasteiger charge is -2.39. The average molecular weight is 473 g/mol. The van der Waals surface area contributed by atoms with Crippen molar-refractivity contribution in [1.82, 2.24) is 25.3 Å². The lowest BCUT2D eigenvalue weighted by atomic mass is 9.99. The number of ether oxygens (including phenoxy) is 1. The zero-order valence-electron chi connectivity index (χ0n) is 19.8. The Morgan fingerprint density at radius 3 is 2.37 bits per heavy atom. The zero-order chi connectivity index (χ0) is 24.4. The highest BCUT2D eigenvalue weighted by Crippen LogP contribution is 2.31. The number of methoxy groups -OCH3 is 1. The third-order valence-corrected chi connectivity index (χ3v) is 6.54. The molecule has 5 rings (SSSR count). The van der Waals surface area contributed by atoms with E-state index in [-0.39, 0.29) is 24.4 Å². The van der Waals surface area contributed by atoms with E-state index in [1.165, 1.54) is 5.01 Å². The van der Waals surface area contributed by atoms with Crippen molar-refractivity contribution in [3.8, 4) is 17.1 Å². The molecule has 1 fully saturated rings. The molecule has 180 valence electrons. The number of hydrazine groups is 1. The van der Waals surface area contributed by atoms with E-state index in [2.05, 4.69) is 26.4 Å². The monoisotopic (exact) mass is 472 g/mol. The molecule has 0 aliphatic carbocycles. The summed E-state index contributed by atoms with van der Waals surface area (Å²) in [5, 5.41) is 1.45.